The summed E-state index contributed by atoms with van der Waals surface area (Å²) in [4.78, 5) is 15.4. The molecule has 0 saturated heterocycles. The molecule has 2 aromatic heterocycles. The zero-order valence-electron chi connectivity index (χ0n) is 9.54. The molecule has 0 saturated carbocycles. The highest BCUT2D eigenvalue weighted by Gasteiger charge is 2.05. The molecule has 0 aliphatic heterocycles. The lowest BCUT2D eigenvalue weighted by Gasteiger charge is -2.03. The predicted molar refractivity (Wildman–Crippen MR) is 69.9 cm³/mol. The first-order chi connectivity index (χ1) is 8.68. The maximum Gasteiger partial charge on any atom is 0.287 e. The largest absolute Gasteiger partial charge is 0.287 e. The zero-order valence-corrected chi connectivity index (χ0v) is 10.3. The van der Waals surface area contributed by atoms with Crippen LogP contribution in [0.5, 0.6) is 0 Å². The Morgan fingerprint density at radius 3 is 3.06 bits per heavy atom. The smallest absolute Gasteiger partial charge is 0.275 e. The van der Waals surface area contributed by atoms with Crippen LogP contribution in [0.15, 0.2) is 40.6 Å². The van der Waals surface area contributed by atoms with Gasteiger partial charge in [-0.25, -0.2) is 4.68 Å². The first-order valence-corrected chi connectivity index (χ1v) is 5.47. The average Bonchev–Trinajstić information content (AvgIpc) is 2.40. The highest BCUT2D eigenvalue weighted by atomic mass is 35.5. The molecule has 7 heteroatoms. The van der Waals surface area contributed by atoms with E-state index in [1.54, 1.807) is 24.7 Å². The first-order valence-electron chi connectivity index (χ1n) is 5.09. The molecule has 6 nitrogen and oxygen atoms in total. The Labute approximate surface area is 108 Å². The van der Waals surface area contributed by atoms with Gasteiger partial charge in [0.25, 0.3) is 5.56 Å². The molecular weight excluding hydrogens is 254 g/mol. The number of pyridine rings is 1. The molecule has 0 aliphatic rings. The van der Waals surface area contributed by atoms with Gasteiger partial charge >= 0.3 is 0 Å². The van der Waals surface area contributed by atoms with Crippen molar-refractivity contribution in [2.45, 2.75) is 0 Å². The molecule has 2 aromatic rings. The van der Waals surface area contributed by atoms with E-state index < -0.39 is 0 Å². The summed E-state index contributed by atoms with van der Waals surface area (Å²) in [6.07, 6.45) is 6.34. The van der Waals surface area contributed by atoms with E-state index >= 15 is 0 Å². The number of hydrazone groups is 1. The quantitative estimate of drug-likeness (QED) is 0.669. The van der Waals surface area contributed by atoms with Gasteiger partial charge in [-0.05, 0) is 6.07 Å². The molecule has 2 heterocycles. The standard InChI is InChI=1S/C11H10ClN5O/c1-17-11(18)10(12)9(7-15-17)16-14-6-8-3-2-4-13-5-8/h2-7,16H,1H3/b14-6-. The van der Waals surface area contributed by atoms with Crippen LogP contribution in [0.3, 0.4) is 0 Å². The third-order valence-electron chi connectivity index (χ3n) is 2.16. The van der Waals surface area contributed by atoms with Crippen molar-refractivity contribution in [3.05, 3.63) is 51.7 Å². The highest BCUT2D eigenvalue weighted by molar-refractivity contribution is 6.32. The summed E-state index contributed by atoms with van der Waals surface area (Å²) >= 11 is 5.86. The lowest BCUT2D eigenvalue weighted by Crippen LogP contribution is -2.20. The molecule has 1 N–H and O–H groups in total. The molecule has 0 amide bonds. The van der Waals surface area contributed by atoms with Crippen molar-refractivity contribution < 1.29 is 0 Å². The molecule has 0 fully saturated rings. The van der Waals surface area contributed by atoms with Gasteiger partial charge in [-0.1, -0.05) is 17.7 Å². The number of halogens is 1. The Bertz CT molecular complexity index is 623. The Hall–Kier alpha value is -2.21. The van der Waals surface area contributed by atoms with Crippen molar-refractivity contribution in [3.8, 4) is 0 Å². The topological polar surface area (TPSA) is 72.2 Å². The van der Waals surface area contributed by atoms with Gasteiger partial charge in [0.2, 0.25) is 0 Å². The van der Waals surface area contributed by atoms with Crippen LogP contribution >= 0.6 is 11.6 Å². The maximum atomic E-state index is 11.5. The highest BCUT2D eigenvalue weighted by Crippen LogP contribution is 2.14. The number of nitrogens with one attached hydrogen (secondary N) is 1. The molecule has 0 bridgehead atoms. The third-order valence-corrected chi connectivity index (χ3v) is 2.53. The van der Waals surface area contributed by atoms with Crippen LogP contribution in [-0.2, 0) is 7.05 Å². The van der Waals surface area contributed by atoms with E-state index in [2.05, 4.69) is 20.6 Å². The molecule has 0 aliphatic carbocycles. The Balaban J connectivity index is 2.14. The maximum absolute atomic E-state index is 11.5. The fraction of sp³-hybridized carbons (Fsp3) is 0.0909. The fourth-order valence-corrected chi connectivity index (χ4v) is 1.43. The molecule has 2 rings (SSSR count). The molecule has 92 valence electrons. The van der Waals surface area contributed by atoms with E-state index in [0.29, 0.717) is 5.69 Å². The van der Waals surface area contributed by atoms with E-state index in [9.17, 15) is 4.79 Å². The van der Waals surface area contributed by atoms with Crippen molar-refractivity contribution >= 4 is 23.5 Å². The fourth-order valence-electron chi connectivity index (χ4n) is 1.22. The summed E-state index contributed by atoms with van der Waals surface area (Å²) in [6, 6.07) is 3.65. The van der Waals surface area contributed by atoms with Crippen molar-refractivity contribution in [1.29, 1.82) is 0 Å². The van der Waals surface area contributed by atoms with Gasteiger partial charge in [0.15, 0.2) is 0 Å². The van der Waals surface area contributed by atoms with E-state index in [-0.39, 0.29) is 10.6 Å². The Morgan fingerprint density at radius 2 is 2.33 bits per heavy atom. The lowest BCUT2D eigenvalue weighted by atomic mass is 10.3. The summed E-state index contributed by atoms with van der Waals surface area (Å²) in [5, 5.41) is 7.84. The number of hydrogen-bond donors (Lipinski definition) is 1. The monoisotopic (exact) mass is 263 g/mol. The van der Waals surface area contributed by atoms with Crippen LogP contribution in [0.4, 0.5) is 5.69 Å². The second-order valence-corrected chi connectivity index (χ2v) is 3.84. The van der Waals surface area contributed by atoms with Crippen LogP contribution in [0, 0.1) is 0 Å². The predicted octanol–water partition coefficient (Wildman–Crippen LogP) is 1.27. The van der Waals surface area contributed by atoms with Gasteiger partial charge in [0.1, 0.15) is 10.7 Å². The van der Waals surface area contributed by atoms with Gasteiger partial charge in [0, 0.05) is 25.0 Å². The van der Waals surface area contributed by atoms with Gasteiger partial charge in [0.05, 0.1) is 12.4 Å². The molecule has 0 radical (unpaired) electrons. The van der Waals surface area contributed by atoms with Crippen LogP contribution in [0.1, 0.15) is 5.56 Å². The number of nitrogens with zero attached hydrogens (tertiary/aromatic N) is 4. The summed E-state index contributed by atoms with van der Waals surface area (Å²) in [5.41, 5.74) is 3.48. The average molecular weight is 264 g/mol. The normalized spacial score (nSPS) is 10.8. The van der Waals surface area contributed by atoms with E-state index in [4.69, 9.17) is 11.6 Å². The van der Waals surface area contributed by atoms with Crippen LogP contribution in [0.25, 0.3) is 0 Å². The summed E-state index contributed by atoms with van der Waals surface area (Å²) in [5.74, 6) is 0. The number of aromatic nitrogens is 3. The molecule has 18 heavy (non-hydrogen) atoms. The van der Waals surface area contributed by atoms with Crippen molar-refractivity contribution in [1.82, 2.24) is 14.8 Å². The molecule has 0 atom stereocenters. The first kappa shape index (κ1) is 12.3. The zero-order chi connectivity index (χ0) is 13.0. The minimum atomic E-state index is -0.377. The molecule has 0 unspecified atom stereocenters. The van der Waals surface area contributed by atoms with Crippen LogP contribution in [-0.4, -0.2) is 21.0 Å². The number of aryl methyl sites for hydroxylation is 1. The van der Waals surface area contributed by atoms with Gasteiger partial charge in [-0.2, -0.15) is 10.2 Å². The Kier molecular flexibility index (Phi) is 3.69. The van der Waals surface area contributed by atoms with E-state index in [1.807, 2.05) is 6.07 Å². The van der Waals surface area contributed by atoms with Crippen LogP contribution < -0.4 is 11.0 Å². The summed E-state index contributed by atoms with van der Waals surface area (Å²) in [7, 11) is 1.52. The second-order valence-electron chi connectivity index (χ2n) is 3.46. The number of rotatable bonds is 3. The number of hydrogen-bond acceptors (Lipinski definition) is 5. The van der Waals surface area contributed by atoms with Crippen molar-refractivity contribution in [2.75, 3.05) is 5.43 Å². The summed E-state index contributed by atoms with van der Waals surface area (Å²) < 4.78 is 1.15. The lowest BCUT2D eigenvalue weighted by molar-refractivity contribution is 0.708. The number of anilines is 1. The van der Waals surface area contributed by atoms with E-state index in [1.165, 1.54) is 13.2 Å². The second kappa shape index (κ2) is 5.42. The molecular formula is C11H10ClN5O. The van der Waals surface area contributed by atoms with E-state index in [0.717, 1.165) is 10.2 Å². The van der Waals surface area contributed by atoms with Crippen LogP contribution in [0.2, 0.25) is 5.02 Å². The molecule has 0 aromatic carbocycles. The minimum Gasteiger partial charge on any atom is -0.275 e. The molecule has 0 spiro atoms. The van der Waals surface area contributed by atoms with Crippen molar-refractivity contribution in [3.63, 3.8) is 0 Å². The summed E-state index contributed by atoms with van der Waals surface area (Å²) in [6.45, 7) is 0. The van der Waals surface area contributed by atoms with Gasteiger partial charge in [-0.3, -0.25) is 15.2 Å². The van der Waals surface area contributed by atoms with Gasteiger partial charge < -0.3 is 0 Å². The third kappa shape index (κ3) is 2.72. The SMILES string of the molecule is Cn1ncc(N/N=C\c2cccnc2)c(Cl)c1=O. The van der Waals surface area contributed by atoms with Crippen molar-refractivity contribution in [2.24, 2.45) is 12.1 Å². The minimum absolute atomic E-state index is 0.0517. The van der Waals surface area contributed by atoms with Gasteiger partial charge in [-0.15, -0.1) is 0 Å². The Morgan fingerprint density at radius 1 is 1.50 bits per heavy atom.